The molecule has 34 heavy (non-hydrogen) atoms. The number of nitrogens with zero attached hydrogens (tertiary/aromatic N) is 5. The van der Waals surface area contributed by atoms with Crippen molar-refractivity contribution in [3.63, 3.8) is 0 Å². The second-order valence-corrected chi connectivity index (χ2v) is 8.13. The van der Waals surface area contributed by atoms with Crippen LogP contribution in [0.2, 0.25) is 0 Å². The number of hydrogen-bond acceptors (Lipinski definition) is 6. The number of aromatic nitrogens is 2. The second kappa shape index (κ2) is 12.6. The van der Waals surface area contributed by atoms with Crippen LogP contribution in [-0.2, 0) is 4.79 Å². The molecule has 0 spiro atoms. The molecular weight excluding hydrogens is 432 g/mol. The predicted octanol–water partition coefficient (Wildman–Crippen LogP) is 2.80. The molecule has 1 aliphatic rings. The van der Waals surface area contributed by atoms with E-state index in [9.17, 15) is 9.59 Å². The number of rotatable bonds is 9. The Morgan fingerprint density at radius 2 is 1.91 bits per heavy atom. The van der Waals surface area contributed by atoms with Crippen molar-refractivity contribution >= 4 is 17.8 Å². The average Bonchev–Trinajstić information content (AvgIpc) is 3.13. The lowest BCUT2D eigenvalue weighted by Gasteiger charge is -2.26. The summed E-state index contributed by atoms with van der Waals surface area (Å²) >= 11 is 0. The van der Waals surface area contributed by atoms with E-state index in [1.165, 1.54) is 4.90 Å². The quantitative estimate of drug-likeness (QED) is 0.572. The van der Waals surface area contributed by atoms with Gasteiger partial charge in [0.05, 0.1) is 12.8 Å². The van der Waals surface area contributed by atoms with E-state index in [4.69, 9.17) is 4.74 Å². The molecule has 1 fully saturated rings. The van der Waals surface area contributed by atoms with Crippen molar-refractivity contribution in [1.82, 2.24) is 25.3 Å². The van der Waals surface area contributed by atoms with Gasteiger partial charge in [0.2, 0.25) is 5.91 Å². The molecule has 0 atom stereocenters. The van der Waals surface area contributed by atoms with Crippen LogP contribution in [-0.4, -0.2) is 84.9 Å². The monoisotopic (exact) mass is 466 g/mol. The highest BCUT2D eigenvalue weighted by Crippen LogP contribution is 2.22. The van der Waals surface area contributed by atoms with Crippen LogP contribution < -0.4 is 15.0 Å². The molecule has 0 bridgehead atoms. The van der Waals surface area contributed by atoms with Crippen molar-refractivity contribution in [3.05, 3.63) is 49.1 Å². The van der Waals surface area contributed by atoms with Gasteiger partial charge in [-0.25, -0.2) is 4.79 Å². The number of anilines is 1. The van der Waals surface area contributed by atoms with Crippen LogP contribution in [0.3, 0.4) is 0 Å². The predicted molar refractivity (Wildman–Crippen MR) is 133 cm³/mol. The van der Waals surface area contributed by atoms with E-state index in [-0.39, 0.29) is 18.5 Å². The molecule has 1 saturated heterocycles. The topological polar surface area (TPSA) is 90.9 Å². The second-order valence-electron chi connectivity index (χ2n) is 8.13. The normalized spacial score (nSPS) is 13.7. The van der Waals surface area contributed by atoms with E-state index in [1.807, 2.05) is 48.2 Å². The molecule has 2 heterocycles. The van der Waals surface area contributed by atoms with E-state index in [0.29, 0.717) is 32.7 Å². The number of amides is 3. The fraction of sp³-hybridized carbons (Fsp3) is 0.440. The van der Waals surface area contributed by atoms with Crippen LogP contribution in [0, 0.1) is 0 Å². The Bertz CT molecular complexity index is 948. The number of urea groups is 1. The summed E-state index contributed by atoms with van der Waals surface area (Å²) in [5, 5.41) is 11.6. The first-order valence-corrected chi connectivity index (χ1v) is 11.7. The lowest BCUT2D eigenvalue weighted by Crippen LogP contribution is -2.47. The number of benzene rings is 1. The van der Waals surface area contributed by atoms with Crippen LogP contribution in [0.1, 0.15) is 19.8 Å². The molecule has 182 valence electrons. The maximum absolute atomic E-state index is 12.9. The van der Waals surface area contributed by atoms with E-state index in [0.717, 1.165) is 42.2 Å². The van der Waals surface area contributed by atoms with E-state index >= 15 is 0 Å². The van der Waals surface area contributed by atoms with Crippen molar-refractivity contribution in [3.8, 4) is 17.0 Å². The van der Waals surface area contributed by atoms with Gasteiger partial charge in [-0.1, -0.05) is 13.0 Å². The van der Waals surface area contributed by atoms with Gasteiger partial charge < -0.3 is 24.8 Å². The molecule has 9 nitrogen and oxygen atoms in total. The summed E-state index contributed by atoms with van der Waals surface area (Å²) in [4.78, 5) is 30.7. The molecule has 0 radical (unpaired) electrons. The fourth-order valence-corrected chi connectivity index (χ4v) is 3.79. The van der Waals surface area contributed by atoms with Gasteiger partial charge in [-0.05, 0) is 49.2 Å². The number of nitrogens with one attached hydrogen (secondary N) is 1. The Balaban J connectivity index is 1.58. The van der Waals surface area contributed by atoms with Crippen molar-refractivity contribution in [2.24, 2.45) is 0 Å². The Morgan fingerprint density at radius 1 is 1.12 bits per heavy atom. The summed E-state index contributed by atoms with van der Waals surface area (Å²) in [6.07, 6.45) is 3.29. The molecular formula is C25H34N6O3. The minimum absolute atomic E-state index is 0.0396. The van der Waals surface area contributed by atoms with Crippen LogP contribution in [0.25, 0.3) is 11.3 Å². The average molecular weight is 467 g/mol. The van der Waals surface area contributed by atoms with Gasteiger partial charge in [-0.15, -0.1) is 16.8 Å². The first kappa shape index (κ1) is 25.0. The van der Waals surface area contributed by atoms with Gasteiger partial charge in [-0.3, -0.25) is 4.79 Å². The lowest BCUT2D eigenvalue weighted by atomic mass is 10.1. The molecule has 0 saturated carbocycles. The molecule has 1 N–H and O–H groups in total. The van der Waals surface area contributed by atoms with Crippen LogP contribution in [0.15, 0.2) is 49.1 Å². The summed E-state index contributed by atoms with van der Waals surface area (Å²) in [6, 6.07) is 11.4. The third-order valence-corrected chi connectivity index (χ3v) is 5.70. The van der Waals surface area contributed by atoms with Crippen LogP contribution in [0.4, 0.5) is 10.6 Å². The Labute approximate surface area is 201 Å². The minimum Gasteiger partial charge on any atom is -0.497 e. The van der Waals surface area contributed by atoms with Crippen molar-refractivity contribution in [2.45, 2.75) is 19.8 Å². The number of methoxy groups -OCH3 is 1. The van der Waals surface area contributed by atoms with Gasteiger partial charge in [0.25, 0.3) is 0 Å². The largest absolute Gasteiger partial charge is 0.497 e. The molecule has 1 aromatic heterocycles. The van der Waals surface area contributed by atoms with E-state index < -0.39 is 0 Å². The lowest BCUT2D eigenvalue weighted by molar-refractivity contribution is -0.131. The van der Waals surface area contributed by atoms with Crippen molar-refractivity contribution in [2.75, 3.05) is 57.8 Å². The zero-order valence-electron chi connectivity index (χ0n) is 20.1. The molecule has 3 amide bonds. The standard InChI is InChI=1S/C25H34N6O3/c1-4-13-26-25(33)31(14-5-2)19-24(32)30-16-6-15-29(17-18-30)23-12-11-22(27-28-23)20-7-9-21(34-3)10-8-20/h5,7-12H,2,4,6,13-19H2,1,3H3,(H,26,33). The first-order chi connectivity index (χ1) is 16.5. The maximum Gasteiger partial charge on any atom is 0.318 e. The molecule has 1 aromatic carbocycles. The van der Waals surface area contributed by atoms with Crippen molar-refractivity contribution < 1.29 is 14.3 Å². The molecule has 1 aliphatic heterocycles. The molecule has 0 unspecified atom stereocenters. The number of carbonyl (C=O) groups is 2. The fourth-order valence-electron chi connectivity index (χ4n) is 3.79. The molecule has 9 heteroatoms. The zero-order valence-corrected chi connectivity index (χ0v) is 20.1. The van der Waals surface area contributed by atoms with Crippen LogP contribution >= 0.6 is 0 Å². The SMILES string of the molecule is C=CCN(CC(=O)N1CCCN(c2ccc(-c3ccc(OC)cc3)nn2)CC1)C(=O)NCCC. The summed E-state index contributed by atoms with van der Waals surface area (Å²) in [7, 11) is 1.64. The third-order valence-electron chi connectivity index (χ3n) is 5.70. The molecule has 3 rings (SSSR count). The summed E-state index contributed by atoms with van der Waals surface area (Å²) in [6.45, 7) is 9.30. The van der Waals surface area contributed by atoms with E-state index in [1.54, 1.807) is 13.2 Å². The number of carbonyl (C=O) groups excluding carboxylic acids is 2. The Hall–Kier alpha value is -3.62. The maximum atomic E-state index is 12.9. The van der Waals surface area contributed by atoms with Crippen LogP contribution in [0.5, 0.6) is 5.75 Å². The summed E-state index contributed by atoms with van der Waals surface area (Å²) < 4.78 is 5.20. The van der Waals surface area contributed by atoms with Gasteiger partial charge in [-0.2, -0.15) is 0 Å². The molecule has 2 aromatic rings. The van der Waals surface area contributed by atoms with Gasteiger partial charge in [0.15, 0.2) is 5.82 Å². The zero-order chi connectivity index (χ0) is 24.3. The van der Waals surface area contributed by atoms with Gasteiger partial charge in [0.1, 0.15) is 12.3 Å². The van der Waals surface area contributed by atoms with Gasteiger partial charge >= 0.3 is 6.03 Å². The highest BCUT2D eigenvalue weighted by Gasteiger charge is 2.23. The molecule has 0 aliphatic carbocycles. The third kappa shape index (κ3) is 6.69. The van der Waals surface area contributed by atoms with Crippen molar-refractivity contribution in [1.29, 1.82) is 0 Å². The number of ether oxygens (including phenoxy) is 1. The minimum atomic E-state index is -0.237. The van der Waals surface area contributed by atoms with E-state index in [2.05, 4.69) is 27.0 Å². The summed E-state index contributed by atoms with van der Waals surface area (Å²) in [5.41, 5.74) is 1.77. The highest BCUT2D eigenvalue weighted by molar-refractivity contribution is 5.84. The Kier molecular flexibility index (Phi) is 9.25. The first-order valence-electron chi connectivity index (χ1n) is 11.7. The Morgan fingerprint density at radius 3 is 2.56 bits per heavy atom. The highest BCUT2D eigenvalue weighted by atomic mass is 16.5. The summed E-state index contributed by atoms with van der Waals surface area (Å²) in [5.74, 6) is 1.53. The smallest absolute Gasteiger partial charge is 0.318 e. The number of hydrogen-bond donors (Lipinski definition) is 1. The van der Waals surface area contributed by atoms with Gasteiger partial charge in [0, 0.05) is 44.8 Å².